The SMILES string of the molecule is CC(C)NCC1CCN(CCC(F)(F)F)CC1. The molecule has 0 amide bonds. The van der Waals surface area contributed by atoms with Crippen LogP contribution in [-0.4, -0.2) is 43.3 Å². The lowest BCUT2D eigenvalue weighted by Crippen LogP contribution is -2.39. The average Bonchev–Trinajstić information content (AvgIpc) is 2.24. The molecule has 0 bridgehead atoms. The Bertz CT molecular complexity index is 208. The highest BCUT2D eigenvalue weighted by molar-refractivity contribution is 4.75. The van der Waals surface area contributed by atoms with Crippen LogP contribution in [-0.2, 0) is 0 Å². The van der Waals surface area contributed by atoms with Crippen molar-refractivity contribution < 1.29 is 13.2 Å². The first-order chi connectivity index (χ1) is 7.87. The molecule has 0 aliphatic carbocycles. The smallest absolute Gasteiger partial charge is 0.314 e. The molecule has 0 aromatic rings. The predicted octanol–water partition coefficient (Wildman–Crippen LogP) is 2.65. The molecule has 0 aromatic carbocycles. The molecule has 0 saturated carbocycles. The van der Waals surface area contributed by atoms with Gasteiger partial charge in [0.15, 0.2) is 0 Å². The van der Waals surface area contributed by atoms with Crippen LogP contribution in [0.2, 0.25) is 0 Å². The van der Waals surface area contributed by atoms with E-state index in [0.717, 1.165) is 32.5 Å². The van der Waals surface area contributed by atoms with Crippen molar-refractivity contribution in [3.05, 3.63) is 0 Å². The monoisotopic (exact) mass is 252 g/mol. The van der Waals surface area contributed by atoms with Gasteiger partial charge in [0, 0.05) is 12.6 Å². The van der Waals surface area contributed by atoms with Gasteiger partial charge < -0.3 is 10.2 Å². The van der Waals surface area contributed by atoms with Crippen LogP contribution in [0.5, 0.6) is 0 Å². The zero-order valence-electron chi connectivity index (χ0n) is 10.7. The van der Waals surface area contributed by atoms with E-state index in [-0.39, 0.29) is 6.54 Å². The molecule has 0 spiro atoms. The Morgan fingerprint density at radius 3 is 2.29 bits per heavy atom. The minimum Gasteiger partial charge on any atom is -0.314 e. The minimum atomic E-state index is -4.02. The number of piperidine rings is 1. The van der Waals surface area contributed by atoms with Gasteiger partial charge in [0.25, 0.3) is 0 Å². The zero-order chi connectivity index (χ0) is 12.9. The fourth-order valence-corrected chi connectivity index (χ4v) is 2.10. The zero-order valence-corrected chi connectivity index (χ0v) is 10.7. The topological polar surface area (TPSA) is 15.3 Å². The van der Waals surface area contributed by atoms with Crippen molar-refractivity contribution in [3.63, 3.8) is 0 Å². The van der Waals surface area contributed by atoms with Crippen LogP contribution in [0.1, 0.15) is 33.1 Å². The molecule has 5 heteroatoms. The molecule has 1 saturated heterocycles. The van der Waals surface area contributed by atoms with E-state index in [9.17, 15) is 13.2 Å². The van der Waals surface area contributed by atoms with E-state index in [2.05, 4.69) is 19.2 Å². The number of nitrogens with one attached hydrogen (secondary N) is 1. The summed E-state index contributed by atoms with van der Waals surface area (Å²) in [5.74, 6) is 0.625. The molecule has 0 atom stereocenters. The third kappa shape index (κ3) is 6.88. The molecule has 1 aliphatic rings. The van der Waals surface area contributed by atoms with Gasteiger partial charge in [-0.25, -0.2) is 0 Å². The summed E-state index contributed by atoms with van der Waals surface area (Å²) in [5.41, 5.74) is 0. The Morgan fingerprint density at radius 1 is 1.24 bits per heavy atom. The van der Waals surface area contributed by atoms with E-state index < -0.39 is 12.6 Å². The second-order valence-electron chi connectivity index (χ2n) is 5.21. The Hall–Kier alpha value is -0.290. The maximum absolute atomic E-state index is 12.1. The van der Waals surface area contributed by atoms with Gasteiger partial charge >= 0.3 is 6.18 Å². The lowest BCUT2D eigenvalue weighted by atomic mass is 9.96. The number of halogens is 3. The van der Waals surface area contributed by atoms with Crippen LogP contribution in [0.3, 0.4) is 0 Å². The number of rotatable bonds is 5. The summed E-state index contributed by atoms with van der Waals surface area (Å²) in [6, 6.07) is 0.484. The van der Waals surface area contributed by atoms with Gasteiger partial charge in [0.1, 0.15) is 0 Å². The molecule has 0 aromatic heterocycles. The van der Waals surface area contributed by atoms with Gasteiger partial charge in [-0.3, -0.25) is 0 Å². The van der Waals surface area contributed by atoms with Crippen LogP contribution < -0.4 is 5.32 Å². The predicted molar refractivity (Wildman–Crippen MR) is 63.0 cm³/mol. The van der Waals surface area contributed by atoms with Crippen LogP contribution in [0, 0.1) is 5.92 Å². The molecule has 0 radical (unpaired) electrons. The Morgan fingerprint density at radius 2 is 1.82 bits per heavy atom. The minimum absolute atomic E-state index is 0.161. The van der Waals surface area contributed by atoms with Crippen molar-refractivity contribution in [3.8, 4) is 0 Å². The summed E-state index contributed by atoms with van der Waals surface area (Å²) in [7, 11) is 0. The number of hydrogen-bond acceptors (Lipinski definition) is 2. The normalized spacial score (nSPS) is 20.1. The molecule has 1 rings (SSSR count). The summed E-state index contributed by atoms with van der Waals surface area (Å²) in [4.78, 5) is 1.93. The lowest BCUT2D eigenvalue weighted by molar-refractivity contribution is -0.138. The fraction of sp³-hybridized carbons (Fsp3) is 1.00. The van der Waals surface area contributed by atoms with E-state index in [1.807, 2.05) is 4.90 Å². The first-order valence-corrected chi connectivity index (χ1v) is 6.39. The summed E-state index contributed by atoms with van der Waals surface area (Å²) >= 11 is 0. The summed E-state index contributed by atoms with van der Waals surface area (Å²) < 4.78 is 36.2. The molecule has 1 fully saturated rings. The van der Waals surface area contributed by atoms with Crippen molar-refractivity contribution in [2.45, 2.75) is 45.3 Å². The maximum atomic E-state index is 12.1. The number of alkyl halides is 3. The van der Waals surface area contributed by atoms with E-state index in [1.165, 1.54) is 0 Å². The summed E-state index contributed by atoms with van der Waals surface area (Å²) in [5, 5.41) is 3.39. The molecule has 1 aliphatic heterocycles. The van der Waals surface area contributed by atoms with E-state index >= 15 is 0 Å². The Balaban J connectivity index is 2.13. The van der Waals surface area contributed by atoms with Gasteiger partial charge in [-0.1, -0.05) is 13.8 Å². The molecule has 0 unspecified atom stereocenters. The van der Waals surface area contributed by atoms with Crippen LogP contribution in [0.15, 0.2) is 0 Å². The second-order valence-corrected chi connectivity index (χ2v) is 5.21. The number of likely N-dealkylation sites (tertiary alicyclic amines) is 1. The highest BCUT2D eigenvalue weighted by Gasteiger charge is 2.28. The standard InChI is InChI=1S/C12H23F3N2/c1-10(2)16-9-11-3-6-17(7-4-11)8-5-12(13,14)15/h10-11,16H,3-9H2,1-2H3. The molecule has 17 heavy (non-hydrogen) atoms. The molecule has 102 valence electrons. The van der Waals surface area contributed by atoms with Crippen molar-refractivity contribution >= 4 is 0 Å². The van der Waals surface area contributed by atoms with Crippen molar-refractivity contribution in [1.82, 2.24) is 10.2 Å². The first kappa shape index (κ1) is 14.8. The van der Waals surface area contributed by atoms with Crippen molar-refractivity contribution in [2.75, 3.05) is 26.2 Å². The van der Waals surface area contributed by atoms with Crippen molar-refractivity contribution in [2.24, 2.45) is 5.92 Å². The van der Waals surface area contributed by atoms with E-state index in [0.29, 0.717) is 12.0 Å². The summed E-state index contributed by atoms with van der Waals surface area (Å²) in [6.45, 7) is 6.98. The first-order valence-electron chi connectivity index (χ1n) is 6.39. The molecule has 1 N–H and O–H groups in total. The maximum Gasteiger partial charge on any atom is 0.390 e. The molecular weight excluding hydrogens is 229 g/mol. The number of nitrogens with zero attached hydrogens (tertiary/aromatic N) is 1. The van der Waals surface area contributed by atoms with Crippen LogP contribution >= 0.6 is 0 Å². The van der Waals surface area contributed by atoms with E-state index in [4.69, 9.17) is 0 Å². The average molecular weight is 252 g/mol. The van der Waals surface area contributed by atoms with Gasteiger partial charge in [0.05, 0.1) is 6.42 Å². The highest BCUT2D eigenvalue weighted by atomic mass is 19.4. The highest BCUT2D eigenvalue weighted by Crippen LogP contribution is 2.22. The Kier molecular flexibility index (Phi) is 5.73. The summed E-state index contributed by atoms with van der Waals surface area (Å²) in [6.07, 6.45) is -2.67. The largest absolute Gasteiger partial charge is 0.390 e. The van der Waals surface area contributed by atoms with E-state index in [1.54, 1.807) is 0 Å². The van der Waals surface area contributed by atoms with Gasteiger partial charge in [-0.15, -0.1) is 0 Å². The van der Waals surface area contributed by atoms with Gasteiger partial charge in [-0.05, 0) is 38.4 Å². The quantitative estimate of drug-likeness (QED) is 0.809. The molecule has 2 nitrogen and oxygen atoms in total. The van der Waals surface area contributed by atoms with Crippen molar-refractivity contribution in [1.29, 1.82) is 0 Å². The van der Waals surface area contributed by atoms with Crippen LogP contribution in [0.25, 0.3) is 0 Å². The van der Waals surface area contributed by atoms with Crippen LogP contribution in [0.4, 0.5) is 13.2 Å². The Labute approximate surface area is 102 Å². The lowest BCUT2D eigenvalue weighted by Gasteiger charge is -2.32. The second kappa shape index (κ2) is 6.59. The third-order valence-corrected chi connectivity index (χ3v) is 3.23. The van der Waals surface area contributed by atoms with Gasteiger partial charge in [0.2, 0.25) is 0 Å². The number of hydrogen-bond donors (Lipinski definition) is 1. The fourth-order valence-electron chi connectivity index (χ4n) is 2.10. The van der Waals surface area contributed by atoms with Gasteiger partial charge in [-0.2, -0.15) is 13.2 Å². The molecular formula is C12H23F3N2. The molecule has 1 heterocycles. The third-order valence-electron chi connectivity index (χ3n) is 3.23.